The van der Waals surface area contributed by atoms with Gasteiger partial charge in [0.15, 0.2) is 5.15 Å². The van der Waals surface area contributed by atoms with Gasteiger partial charge in [0.2, 0.25) is 0 Å². The second kappa shape index (κ2) is 5.79. The molecule has 0 unspecified atom stereocenters. The number of nitrogens with two attached hydrogens (primary N) is 1. The third-order valence-corrected chi connectivity index (χ3v) is 4.39. The van der Waals surface area contributed by atoms with E-state index in [2.05, 4.69) is 9.71 Å². The summed E-state index contributed by atoms with van der Waals surface area (Å²) in [6, 6.07) is 5.95. The summed E-state index contributed by atoms with van der Waals surface area (Å²) in [5.41, 5.74) is 6.92. The van der Waals surface area contributed by atoms with Crippen molar-refractivity contribution < 1.29 is 13.2 Å². The Morgan fingerprint density at radius 2 is 2.05 bits per heavy atom. The Kier molecular flexibility index (Phi) is 4.24. The van der Waals surface area contributed by atoms with Gasteiger partial charge in [0.25, 0.3) is 10.0 Å². The van der Waals surface area contributed by atoms with Gasteiger partial charge in [-0.2, -0.15) is 0 Å². The summed E-state index contributed by atoms with van der Waals surface area (Å²) in [7, 11) is -2.52. The number of nitrogens with zero attached hydrogens (tertiary/aromatic N) is 1. The predicted molar refractivity (Wildman–Crippen MR) is 82.2 cm³/mol. The van der Waals surface area contributed by atoms with E-state index in [4.69, 9.17) is 22.1 Å². The fourth-order valence-corrected chi connectivity index (χ4v) is 3.20. The molecule has 1 heterocycles. The van der Waals surface area contributed by atoms with Gasteiger partial charge in [-0.05, 0) is 36.8 Å². The highest BCUT2D eigenvalue weighted by Crippen LogP contribution is 2.29. The van der Waals surface area contributed by atoms with Crippen LogP contribution in [0.2, 0.25) is 5.15 Å². The summed E-state index contributed by atoms with van der Waals surface area (Å²) in [6.45, 7) is 1.78. The average Bonchev–Trinajstić information content (AvgIpc) is 2.42. The normalized spacial score (nSPS) is 11.2. The molecule has 8 heteroatoms. The Balaban J connectivity index is 2.48. The zero-order valence-electron chi connectivity index (χ0n) is 11.4. The number of methoxy groups -OCH3 is 1. The first kappa shape index (κ1) is 15.4. The Labute approximate surface area is 128 Å². The van der Waals surface area contributed by atoms with Crippen molar-refractivity contribution >= 4 is 33.0 Å². The molecule has 0 spiro atoms. The van der Waals surface area contributed by atoms with Crippen molar-refractivity contribution in [1.82, 2.24) is 4.98 Å². The van der Waals surface area contributed by atoms with Crippen LogP contribution in [0, 0.1) is 6.92 Å². The minimum absolute atomic E-state index is 0.0621. The number of ether oxygens (including phenoxy) is 1. The van der Waals surface area contributed by atoms with E-state index in [1.54, 1.807) is 25.3 Å². The molecule has 0 aliphatic rings. The van der Waals surface area contributed by atoms with Crippen molar-refractivity contribution in [3.05, 3.63) is 41.2 Å². The average molecular weight is 328 g/mol. The molecule has 112 valence electrons. The molecule has 0 saturated heterocycles. The van der Waals surface area contributed by atoms with Gasteiger partial charge in [0.1, 0.15) is 10.6 Å². The van der Waals surface area contributed by atoms with E-state index < -0.39 is 10.0 Å². The summed E-state index contributed by atoms with van der Waals surface area (Å²) in [4.78, 5) is 3.83. The summed E-state index contributed by atoms with van der Waals surface area (Å²) >= 11 is 5.90. The highest BCUT2D eigenvalue weighted by molar-refractivity contribution is 7.92. The molecule has 0 atom stereocenters. The van der Waals surface area contributed by atoms with Crippen molar-refractivity contribution in [2.24, 2.45) is 0 Å². The van der Waals surface area contributed by atoms with Crippen molar-refractivity contribution in [2.45, 2.75) is 11.8 Å². The smallest absolute Gasteiger partial charge is 0.265 e. The lowest BCUT2D eigenvalue weighted by atomic mass is 10.3. The van der Waals surface area contributed by atoms with E-state index in [-0.39, 0.29) is 21.5 Å². The number of sulfonamides is 1. The Morgan fingerprint density at radius 3 is 2.71 bits per heavy atom. The first-order valence-electron chi connectivity index (χ1n) is 5.92. The van der Waals surface area contributed by atoms with Gasteiger partial charge in [-0.3, -0.25) is 4.72 Å². The zero-order chi connectivity index (χ0) is 15.6. The fraction of sp³-hybridized carbons (Fsp3) is 0.154. The molecule has 0 saturated carbocycles. The van der Waals surface area contributed by atoms with Gasteiger partial charge in [0.05, 0.1) is 12.8 Å². The van der Waals surface area contributed by atoms with Crippen LogP contribution in [0.1, 0.15) is 5.56 Å². The minimum atomic E-state index is -3.90. The van der Waals surface area contributed by atoms with Crippen molar-refractivity contribution in [1.29, 1.82) is 0 Å². The molecular formula is C13H14ClN3O3S. The lowest BCUT2D eigenvalue weighted by Gasteiger charge is -2.13. The van der Waals surface area contributed by atoms with Gasteiger partial charge in [0, 0.05) is 11.9 Å². The van der Waals surface area contributed by atoms with Crippen LogP contribution in [0.4, 0.5) is 11.4 Å². The second-order valence-electron chi connectivity index (χ2n) is 4.37. The second-order valence-corrected chi connectivity index (χ2v) is 6.38. The molecule has 1 aromatic carbocycles. The van der Waals surface area contributed by atoms with Crippen LogP contribution in [0.25, 0.3) is 0 Å². The van der Waals surface area contributed by atoms with E-state index in [1.807, 2.05) is 0 Å². The SMILES string of the molecule is COc1ccc(N)cc1S(=O)(=O)Nc1cc(C)cnc1Cl. The third kappa shape index (κ3) is 3.37. The van der Waals surface area contributed by atoms with Crippen LogP contribution in [0.3, 0.4) is 0 Å². The van der Waals surface area contributed by atoms with Crippen LogP contribution < -0.4 is 15.2 Å². The maximum Gasteiger partial charge on any atom is 0.265 e. The van der Waals surface area contributed by atoms with Gasteiger partial charge < -0.3 is 10.5 Å². The molecule has 3 N–H and O–H groups in total. The number of benzene rings is 1. The van der Waals surface area contributed by atoms with Crippen LogP contribution in [-0.4, -0.2) is 20.5 Å². The largest absolute Gasteiger partial charge is 0.495 e. The highest BCUT2D eigenvalue weighted by Gasteiger charge is 2.21. The molecule has 2 aromatic rings. The monoisotopic (exact) mass is 327 g/mol. The van der Waals surface area contributed by atoms with Crippen LogP contribution in [0.15, 0.2) is 35.4 Å². The van der Waals surface area contributed by atoms with E-state index in [1.165, 1.54) is 19.2 Å². The fourth-order valence-electron chi connectivity index (χ4n) is 1.73. The van der Waals surface area contributed by atoms with Crippen LogP contribution >= 0.6 is 11.6 Å². The van der Waals surface area contributed by atoms with E-state index in [0.717, 1.165) is 5.56 Å². The van der Waals surface area contributed by atoms with Crippen molar-refractivity contribution in [2.75, 3.05) is 17.6 Å². The van der Waals surface area contributed by atoms with Crippen molar-refractivity contribution in [3.8, 4) is 5.75 Å². The molecule has 0 fully saturated rings. The summed E-state index contributed by atoms with van der Waals surface area (Å²) < 4.78 is 32.4. The Hall–Kier alpha value is -1.99. The number of anilines is 2. The number of rotatable bonds is 4. The van der Waals surface area contributed by atoms with Crippen LogP contribution in [0.5, 0.6) is 5.75 Å². The maximum atomic E-state index is 12.5. The molecule has 0 amide bonds. The number of pyridine rings is 1. The molecule has 0 aliphatic carbocycles. The molecule has 0 aliphatic heterocycles. The molecule has 21 heavy (non-hydrogen) atoms. The summed E-state index contributed by atoms with van der Waals surface area (Å²) in [5.74, 6) is 0.188. The van der Waals surface area contributed by atoms with E-state index >= 15 is 0 Å². The van der Waals surface area contributed by atoms with Gasteiger partial charge >= 0.3 is 0 Å². The number of aryl methyl sites for hydroxylation is 1. The first-order valence-corrected chi connectivity index (χ1v) is 7.78. The number of halogens is 1. The highest BCUT2D eigenvalue weighted by atomic mass is 35.5. The Morgan fingerprint density at radius 1 is 1.33 bits per heavy atom. The first-order chi connectivity index (χ1) is 9.83. The summed E-state index contributed by atoms with van der Waals surface area (Å²) in [6.07, 6.45) is 1.54. The molecule has 1 aromatic heterocycles. The number of nitrogen functional groups attached to an aromatic ring is 1. The summed E-state index contributed by atoms with van der Waals surface area (Å²) in [5, 5.41) is 0.0621. The standard InChI is InChI=1S/C13H14ClN3O3S/c1-8-5-10(13(14)16-7-8)17-21(18,19)12-6-9(15)3-4-11(12)20-2/h3-7,17H,15H2,1-2H3. The third-order valence-electron chi connectivity index (χ3n) is 2.70. The predicted octanol–water partition coefficient (Wildman–Crippen LogP) is 2.44. The van der Waals surface area contributed by atoms with Gasteiger partial charge in [-0.15, -0.1) is 0 Å². The van der Waals surface area contributed by atoms with Gasteiger partial charge in [-0.25, -0.2) is 13.4 Å². The molecule has 0 radical (unpaired) electrons. The Bertz CT molecular complexity index is 778. The minimum Gasteiger partial charge on any atom is -0.495 e. The van der Waals surface area contributed by atoms with Crippen molar-refractivity contribution in [3.63, 3.8) is 0 Å². The number of aromatic nitrogens is 1. The number of hydrogen-bond acceptors (Lipinski definition) is 5. The van der Waals surface area contributed by atoms with E-state index in [0.29, 0.717) is 5.69 Å². The molecule has 2 rings (SSSR count). The van der Waals surface area contributed by atoms with E-state index in [9.17, 15) is 8.42 Å². The zero-order valence-corrected chi connectivity index (χ0v) is 13.0. The number of hydrogen-bond donors (Lipinski definition) is 2. The molecular weight excluding hydrogens is 314 g/mol. The number of nitrogens with one attached hydrogen (secondary N) is 1. The topological polar surface area (TPSA) is 94.3 Å². The maximum absolute atomic E-state index is 12.5. The lowest BCUT2D eigenvalue weighted by Crippen LogP contribution is -2.15. The lowest BCUT2D eigenvalue weighted by molar-refractivity contribution is 0.403. The van der Waals surface area contributed by atoms with Crippen LogP contribution in [-0.2, 0) is 10.0 Å². The van der Waals surface area contributed by atoms with Gasteiger partial charge in [-0.1, -0.05) is 11.6 Å². The quantitative estimate of drug-likeness (QED) is 0.664. The molecule has 6 nitrogen and oxygen atoms in total. The molecule has 0 bridgehead atoms.